The number of nitrogen functional groups attached to an aromatic ring is 1. The van der Waals surface area contributed by atoms with Crippen molar-refractivity contribution in [1.82, 2.24) is 10.2 Å². The molecular weight excluding hydrogens is 334 g/mol. The second kappa shape index (κ2) is 6.34. The lowest BCUT2D eigenvalue weighted by Crippen LogP contribution is -2.50. The van der Waals surface area contributed by atoms with Crippen molar-refractivity contribution in [2.75, 3.05) is 32.0 Å². The molecule has 0 aliphatic carbocycles. The number of halogens is 1. The molecule has 2 fully saturated rings. The van der Waals surface area contributed by atoms with Crippen LogP contribution >= 0.6 is 15.9 Å². The number of hydrogen-bond acceptors (Lipinski definition) is 4. The third-order valence-electron chi connectivity index (χ3n) is 4.13. The van der Waals surface area contributed by atoms with E-state index in [1.807, 2.05) is 0 Å². The number of ether oxygens (including phenoxy) is 1. The van der Waals surface area contributed by atoms with Gasteiger partial charge in [-0.15, -0.1) is 0 Å². The van der Waals surface area contributed by atoms with Gasteiger partial charge in [0, 0.05) is 34.9 Å². The lowest BCUT2D eigenvalue weighted by Gasteiger charge is -2.35. The SMILES string of the molecule is Nc1cc(Br)cc(C(=O)NCC2CN3CCCC3CO2)c1. The minimum absolute atomic E-state index is 0.0767. The number of nitrogens with two attached hydrogens (primary N) is 1. The van der Waals surface area contributed by atoms with Gasteiger partial charge in [0.05, 0.1) is 12.7 Å². The maximum absolute atomic E-state index is 12.2. The summed E-state index contributed by atoms with van der Waals surface area (Å²) in [6, 6.07) is 5.80. The number of fused-ring (bicyclic) bond motifs is 1. The predicted octanol–water partition coefficient (Wildman–Crippen LogP) is 1.62. The van der Waals surface area contributed by atoms with Crippen molar-refractivity contribution in [2.24, 2.45) is 0 Å². The highest BCUT2D eigenvalue weighted by Crippen LogP contribution is 2.22. The fourth-order valence-electron chi connectivity index (χ4n) is 3.06. The van der Waals surface area contributed by atoms with E-state index in [0.717, 1.165) is 24.2 Å². The van der Waals surface area contributed by atoms with Crippen LogP contribution in [0.5, 0.6) is 0 Å². The normalized spacial score (nSPS) is 25.6. The van der Waals surface area contributed by atoms with E-state index in [4.69, 9.17) is 10.5 Å². The Labute approximate surface area is 132 Å². The molecule has 0 saturated carbocycles. The Bertz CT molecular complexity index is 517. The van der Waals surface area contributed by atoms with Gasteiger partial charge < -0.3 is 15.8 Å². The molecule has 2 saturated heterocycles. The van der Waals surface area contributed by atoms with Crippen LogP contribution in [0.3, 0.4) is 0 Å². The Morgan fingerprint density at radius 3 is 3.14 bits per heavy atom. The Hall–Kier alpha value is -1.11. The van der Waals surface area contributed by atoms with Gasteiger partial charge in [0.2, 0.25) is 0 Å². The van der Waals surface area contributed by atoms with Crippen LogP contribution in [0.4, 0.5) is 5.69 Å². The first-order valence-electron chi connectivity index (χ1n) is 7.32. The van der Waals surface area contributed by atoms with Gasteiger partial charge in [-0.3, -0.25) is 9.69 Å². The molecule has 6 heteroatoms. The van der Waals surface area contributed by atoms with Crippen LogP contribution in [0, 0.1) is 0 Å². The molecule has 0 bridgehead atoms. The summed E-state index contributed by atoms with van der Waals surface area (Å²) in [5, 5.41) is 2.94. The van der Waals surface area contributed by atoms with E-state index in [9.17, 15) is 4.79 Å². The van der Waals surface area contributed by atoms with Crippen molar-refractivity contribution in [1.29, 1.82) is 0 Å². The van der Waals surface area contributed by atoms with Crippen molar-refractivity contribution in [3.8, 4) is 0 Å². The molecule has 2 heterocycles. The topological polar surface area (TPSA) is 67.6 Å². The lowest BCUT2D eigenvalue weighted by atomic mass is 10.1. The van der Waals surface area contributed by atoms with Crippen LogP contribution in [0.25, 0.3) is 0 Å². The van der Waals surface area contributed by atoms with Gasteiger partial charge in [0.15, 0.2) is 0 Å². The van der Waals surface area contributed by atoms with Crippen molar-refractivity contribution in [3.63, 3.8) is 0 Å². The van der Waals surface area contributed by atoms with Gasteiger partial charge in [-0.05, 0) is 37.6 Å². The standard InChI is InChI=1S/C15H20BrN3O2/c16-11-4-10(5-12(17)6-11)15(20)18-7-14-8-19-3-1-2-13(19)9-21-14/h4-6,13-14H,1-3,7-9,17H2,(H,18,20). The van der Waals surface area contributed by atoms with E-state index in [1.165, 1.54) is 12.8 Å². The van der Waals surface area contributed by atoms with E-state index < -0.39 is 0 Å². The molecule has 2 aliphatic rings. The zero-order chi connectivity index (χ0) is 14.8. The maximum Gasteiger partial charge on any atom is 0.251 e. The van der Waals surface area contributed by atoms with Crippen LogP contribution in [0.15, 0.2) is 22.7 Å². The molecule has 0 spiro atoms. The molecule has 2 atom stereocenters. The summed E-state index contributed by atoms with van der Waals surface area (Å²) in [7, 11) is 0. The molecule has 3 rings (SSSR count). The molecule has 1 aromatic rings. The quantitative estimate of drug-likeness (QED) is 0.810. The third-order valence-corrected chi connectivity index (χ3v) is 4.59. The van der Waals surface area contributed by atoms with Crippen molar-refractivity contribution < 1.29 is 9.53 Å². The number of anilines is 1. The first kappa shape index (κ1) is 14.8. The molecule has 1 amide bonds. The summed E-state index contributed by atoms with van der Waals surface area (Å²) >= 11 is 3.35. The highest BCUT2D eigenvalue weighted by Gasteiger charge is 2.32. The summed E-state index contributed by atoms with van der Waals surface area (Å²) in [6.07, 6.45) is 2.56. The van der Waals surface area contributed by atoms with E-state index in [-0.39, 0.29) is 12.0 Å². The third kappa shape index (κ3) is 3.56. The molecule has 1 aromatic carbocycles. The smallest absolute Gasteiger partial charge is 0.251 e. The van der Waals surface area contributed by atoms with Gasteiger partial charge in [-0.25, -0.2) is 0 Å². The molecular formula is C15H20BrN3O2. The summed E-state index contributed by atoms with van der Waals surface area (Å²) < 4.78 is 6.64. The van der Waals surface area contributed by atoms with Crippen molar-refractivity contribution >= 4 is 27.5 Å². The number of carbonyl (C=O) groups excluding carboxylic acids is 1. The van der Waals surface area contributed by atoms with Gasteiger partial charge in [0.1, 0.15) is 0 Å². The van der Waals surface area contributed by atoms with Crippen molar-refractivity contribution in [3.05, 3.63) is 28.2 Å². The summed E-state index contributed by atoms with van der Waals surface area (Å²) in [5.74, 6) is -0.116. The van der Waals surface area contributed by atoms with Crippen LogP contribution in [-0.4, -0.2) is 49.2 Å². The van der Waals surface area contributed by atoms with Crippen LogP contribution in [0.1, 0.15) is 23.2 Å². The predicted molar refractivity (Wildman–Crippen MR) is 85.2 cm³/mol. The monoisotopic (exact) mass is 353 g/mol. The molecule has 2 unspecified atom stereocenters. The number of nitrogens with zero attached hydrogens (tertiary/aromatic N) is 1. The van der Waals surface area contributed by atoms with Crippen LogP contribution in [0.2, 0.25) is 0 Å². The van der Waals surface area contributed by atoms with E-state index in [2.05, 4.69) is 26.1 Å². The average Bonchev–Trinajstić information content (AvgIpc) is 2.91. The highest BCUT2D eigenvalue weighted by atomic mass is 79.9. The molecule has 3 N–H and O–H groups in total. The number of rotatable bonds is 3. The zero-order valence-electron chi connectivity index (χ0n) is 11.8. The zero-order valence-corrected chi connectivity index (χ0v) is 13.4. The second-order valence-electron chi connectivity index (χ2n) is 5.73. The largest absolute Gasteiger partial charge is 0.399 e. The number of morpholine rings is 1. The number of carbonyl (C=O) groups is 1. The first-order chi connectivity index (χ1) is 10.1. The van der Waals surface area contributed by atoms with Gasteiger partial charge in [-0.1, -0.05) is 15.9 Å². The number of hydrogen-bond donors (Lipinski definition) is 2. The Morgan fingerprint density at radius 2 is 2.33 bits per heavy atom. The molecule has 0 aromatic heterocycles. The molecule has 114 valence electrons. The van der Waals surface area contributed by atoms with Crippen LogP contribution < -0.4 is 11.1 Å². The summed E-state index contributed by atoms with van der Waals surface area (Å²) in [4.78, 5) is 14.6. The average molecular weight is 354 g/mol. The molecule has 2 aliphatic heterocycles. The minimum Gasteiger partial charge on any atom is -0.399 e. The number of amides is 1. The van der Waals surface area contributed by atoms with E-state index >= 15 is 0 Å². The highest BCUT2D eigenvalue weighted by molar-refractivity contribution is 9.10. The Kier molecular flexibility index (Phi) is 4.47. The molecule has 5 nitrogen and oxygen atoms in total. The molecule has 21 heavy (non-hydrogen) atoms. The van der Waals surface area contributed by atoms with Crippen molar-refractivity contribution in [2.45, 2.75) is 25.0 Å². The number of nitrogens with one attached hydrogen (secondary N) is 1. The minimum atomic E-state index is -0.116. The van der Waals surface area contributed by atoms with Gasteiger partial charge in [0.25, 0.3) is 5.91 Å². The fourth-order valence-corrected chi connectivity index (χ4v) is 3.57. The second-order valence-corrected chi connectivity index (χ2v) is 6.65. The lowest BCUT2D eigenvalue weighted by molar-refractivity contribution is -0.0461. The molecule has 0 radical (unpaired) electrons. The van der Waals surface area contributed by atoms with E-state index in [0.29, 0.717) is 23.8 Å². The fraction of sp³-hybridized carbons (Fsp3) is 0.533. The van der Waals surface area contributed by atoms with Gasteiger partial charge in [-0.2, -0.15) is 0 Å². The Morgan fingerprint density at radius 1 is 1.48 bits per heavy atom. The summed E-state index contributed by atoms with van der Waals surface area (Å²) in [6.45, 7) is 3.38. The number of benzene rings is 1. The Balaban J connectivity index is 1.53. The first-order valence-corrected chi connectivity index (χ1v) is 8.11. The van der Waals surface area contributed by atoms with E-state index in [1.54, 1.807) is 18.2 Å². The van der Waals surface area contributed by atoms with Crippen LogP contribution in [-0.2, 0) is 4.74 Å². The maximum atomic E-state index is 12.2. The summed E-state index contributed by atoms with van der Waals surface area (Å²) in [5.41, 5.74) is 6.89. The van der Waals surface area contributed by atoms with Gasteiger partial charge >= 0.3 is 0 Å².